The van der Waals surface area contributed by atoms with Gasteiger partial charge in [0.15, 0.2) is 5.16 Å². The van der Waals surface area contributed by atoms with Crippen LogP contribution in [0.3, 0.4) is 0 Å². The highest BCUT2D eigenvalue weighted by Gasteiger charge is 2.16. The maximum absolute atomic E-state index is 13.5. The predicted molar refractivity (Wildman–Crippen MR) is 124 cm³/mol. The van der Waals surface area contributed by atoms with Gasteiger partial charge >= 0.3 is 0 Å². The molecule has 4 nitrogen and oxygen atoms in total. The lowest BCUT2D eigenvalue weighted by atomic mass is 10.1. The molecule has 0 fully saturated rings. The summed E-state index contributed by atoms with van der Waals surface area (Å²) in [5.74, 6) is 1.50. The van der Waals surface area contributed by atoms with Gasteiger partial charge in [-0.1, -0.05) is 53.7 Å². The molecule has 0 bridgehead atoms. The number of nitrogens with zero attached hydrogens (tertiary/aromatic N) is 2. The van der Waals surface area contributed by atoms with Crippen LogP contribution in [0.15, 0.2) is 70.6 Å². The highest BCUT2D eigenvalue weighted by atomic mass is 32.2. The Morgan fingerprint density at radius 3 is 2.50 bits per heavy atom. The van der Waals surface area contributed by atoms with Crippen LogP contribution in [0.4, 0.5) is 0 Å². The number of hydrogen-bond donors (Lipinski definition) is 0. The summed E-state index contributed by atoms with van der Waals surface area (Å²) in [5, 5.41) is 1.30. The lowest BCUT2D eigenvalue weighted by molar-refractivity contribution is 0.411. The fourth-order valence-corrected chi connectivity index (χ4v) is 4.53. The van der Waals surface area contributed by atoms with Gasteiger partial charge in [0, 0.05) is 11.3 Å². The van der Waals surface area contributed by atoms with E-state index >= 15 is 0 Å². The van der Waals surface area contributed by atoms with E-state index in [1.165, 1.54) is 5.56 Å². The molecule has 0 aliphatic heterocycles. The molecule has 0 aliphatic carbocycles. The summed E-state index contributed by atoms with van der Waals surface area (Å²) < 4.78 is 7.28. The van der Waals surface area contributed by atoms with Crippen LogP contribution in [0.25, 0.3) is 16.6 Å². The van der Waals surface area contributed by atoms with Gasteiger partial charge in [0.05, 0.1) is 23.7 Å². The van der Waals surface area contributed by atoms with Crippen molar-refractivity contribution in [3.63, 3.8) is 0 Å². The Balaban J connectivity index is 1.88. The zero-order valence-corrected chi connectivity index (χ0v) is 18.4. The molecule has 0 spiro atoms. The third-order valence-electron chi connectivity index (χ3n) is 5.14. The number of benzene rings is 3. The number of thioether (sulfide) groups is 1. The normalized spacial score (nSPS) is 11.1. The second-order valence-corrected chi connectivity index (χ2v) is 8.39. The zero-order chi connectivity index (χ0) is 21.3. The van der Waals surface area contributed by atoms with Crippen LogP contribution >= 0.6 is 11.8 Å². The van der Waals surface area contributed by atoms with Gasteiger partial charge in [-0.25, -0.2) is 4.98 Å². The van der Waals surface area contributed by atoms with Crippen molar-refractivity contribution >= 4 is 22.7 Å². The molecule has 0 atom stereocenters. The number of fused-ring (bicyclic) bond motifs is 1. The van der Waals surface area contributed by atoms with Gasteiger partial charge in [-0.2, -0.15) is 0 Å². The number of hydrogen-bond acceptors (Lipinski definition) is 4. The maximum atomic E-state index is 13.5. The summed E-state index contributed by atoms with van der Waals surface area (Å²) >= 11 is 1.55. The van der Waals surface area contributed by atoms with E-state index in [1.807, 2.05) is 62.4 Å². The number of ether oxygens (including phenoxy) is 1. The fourth-order valence-electron chi connectivity index (χ4n) is 3.54. The van der Waals surface area contributed by atoms with Gasteiger partial charge < -0.3 is 4.74 Å². The topological polar surface area (TPSA) is 44.1 Å². The average Bonchev–Trinajstić information content (AvgIpc) is 2.74. The summed E-state index contributed by atoms with van der Waals surface area (Å²) in [7, 11) is 1.68. The number of aryl methyl sites for hydroxylation is 3. The molecule has 0 saturated heterocycles. The van der Waals surface area contributed by atoms with Crippen molar-refractivity contribution < 1.29 is 4.74 Å². The summed E-state index contributed by atoms with van der Waals surface area (Å²) in [6.07, 6.45) is 0. The Morgan fingerprint density at radius 2 is 1.70 bits per heavy atom. The quantitative estimate of drug-likeness (QED) is 0.313. The number of aromatic nitrogens is 2. The minimum atomic E-state index is -0.0481. The molecule has 152 valence electrons. The molecule has 1 heterocycles. The first-order valence-corrected chi connectivity index (χ1v) is 10.8. The van der Waals surface area contributed by atoms with Crippen LogP contribution < -0.4 is 10.3 Å². The van der Waals surface area contributed by atoms with E-state index in [4.69, 9.17) is 9.72 Å². The molecule has 4 rings (SSSR count). The van der Waals surface area contributed by atoms with Crippen LogP contribution in [0, 0.1) is 20.8 Å². The summed E-state index contributed by atoms with van der Waals surface area (Å²) in [6, 6.07) is 19.8. The Morgan fingerprint density at radius 1 is 0.967 bits per heavy atom. The van der Waals surface area contributed by atoms with Gasteiger partial charge in [0.1, 0.15) is 5.75 Å². The van der Waals surface area contributed by atoms with E-state index in [0.717, 1.165) is 28.1 Å². The fraction of sp³-hybridized carbons (Fsp3) is 0.200. The molecule has 30 heavy (non-hydrogen) atoms. The molecule has 1 aromatic heterocycles. The van der Waals surface area contributed by atoms with E-state index in [1.54, 1.807) is 23.4 Å². The van der Waals surface area contributed by atoms with Crippen LogP contribution in [0.2, 0.25) is 0 Å². The Labute approximate surface area is 180 Å². The molecule has 0 radical (unpaired) electrons. The molecule has 3 aromatic carbocycles. The molecule has 0 aliphatic rings. The predicted octanol–water partition coefficient (Wildman–Crippen LogP) is 5.61. The third kappa shape index (κ3) is 3.85. The first kappa shape index (κ1) is 20.2. The van der Waals surface area contributed by atoms with E-state index in [-0.39, 0.29) is 5.56 Å². The van der Waals surface area contributed by atoms with Crippen LogP contribution in [-0.2, 0) is 5.75 Å². The molecule has 0 saturated carbocycles. The lowest BCUT2D eigenvalue weighted by Crippen LogP contribution is -2.22. The van der Waals surface area contributed by atoms with Gasteiger partial charge in [-0.3, -0.25) is 9.36 Å². The monoisotopic (exact) mass is 416 g/mol. The summed E-state index contributed by atoms with van der Waals surface area (Å²) in [5.41, 5.74) is 5.93. The highest BCUT2D eigenvalue weighted by molar-refractivity contribution is 7.98. The first-order chi connectivity index (χ1) is 14.5. The second kappa shape index (κ2) is 8.36. The van der Waals surface area contributed by atoms with Gasteiger partial charge in [0.25, 0.3) is 5.56 Å². The molecule has 5 heteroatoms. The smallest absolute Gasteiger partial charge is 0.266 e. The average molecular weight is 417 g/mol. The van der Waals surface area contributed by atoms with Crippen molar-refractivity contribution in [1.29, 1.82) is 0 Å². The van der Waals surface area contributed by atoms with Crippen molar-refractivity contribution in [2.75, 3.05) is 7.11 Å². The van der Waals surface area contributed by atoms with Crippen LogP contribution in [0.5, 0.6) is 5.75 Å². The molecule has 4 aromatic rings. The number of rotatable bonds is 5. The summed E-state index contributed by atoms with van der Waals surface area (Å²) in [4.78, 5) is 18.3. The molecular formula is C25H24N2O2S. The van der Waals surface area contributed by atoms with E-state index < -0.39 is 0 Å². The summed E-state index contributed by atoms with van der Waals surface area (Å²) in [6.45, 7) is 6.12. The Bertz CT molecular complexity index is 1290. The van der Waals surface area contributed by atoms with Gasteiger partial charge in [-0.05, 0) is 56.2 Å². The first-order valence-electron chi connectivity index (χ1n) is 9.83. The number of para-hydroxylation sites is 1. The van der Waals surface area contributed by atoms with Crippen LogP contribution in [-0.4, -0.2) is 16.7 Å². The maximum Gasteiger partial charge on any atom is 0.266 e. The largest absolute Gasteiger partial charge is 0.496 e. The van der Waals surface area contributed by atoms with Crippen molar-refractivity contribution in [3.8, 4) is 11.4 Å². The Hall–Kier alpha value is -3.05. The van der Waals surface area contributed by atoms with Crippen molar-refractivity contribution in [2.45, 2.75) is 31.7 Å². The van der Waals surface area contributed by atoms with Crippen LogP contribution in [0.1, 0.15) is 22.3 Å². The van der Waals surface area contributed by atoms with Gasteiger partial charge in [0.2, 0.25) is 0 Å². The van der Waals surface area contributed by atoms with Gasteiger partial charge in [-0.15, -0.1) is 0 Å². The van der Waals surface area contributed by atoms with E-state index in [0.29, 0.717) is 21.8 Å². The minimum Gasteiger partial charge on any atom is -0.496 e. The molecule has 0 N–H and O–H groups in total. The SMILES string of the molecule is COc1ccc(C)cc1CSc1nc2ccccc2c(=O)n1-c1cc(C)ccc1C. The number of methoxy groups -OCH3 is 1. The van der Waals surface area contributed by atoms with Crippen molar-refractivity contribution in [3.05, 3.63) is 93.3 Å². The molecule has 0 unspecified atom stereocenters. The lowest BCUT2D eigenvalue weighted by Gasteiger charge is -2.16. The highest BCUT2D eigenvalue weighted by Crippen LogP contribution is 2.30. The minimum absolute atomic E-state index is 0.0481. The van der Waals surface area contributed by atoms with E-state index in [2.05, 4.69) is 19.1 Å². The molecular weight excluding hydrogens is 392 g/mol. The van der Waals surface area contributed by atoms with E-state index in [9.17, 15) is 4.79 Å². The van der Waals surface area contributed by atoms with Crippen molar-refractivity contribution in [2.24, 2.45) is 0 Å². The van der Waals surface area contributed by atoms with Crippen molar-refractivity contribution in [1.82, 2.24) is 9.55 Å². The molecule has 0 amide bonds. The zero-order valence-electron chi connectivity index (χ0n) is 17.6. The standard InChI is InChI=1S/C25H24N2O2S/c1-16-10-12-23(29-4)19(13-16)15-30-25-26-21-8-6-5-7-20(21)24(28)27(25)22-14-17(2)9-11-18(22)3/h5-14H,15H2,1-4H3. The Kier molecular flexibility index (Phi) is 5.64. The second-order valence-electron chi connectivity index (χ2n) is 7.45. The third-order valence-corrected chi connectivity index (χ3v) is 6.13.